The maximum atomic E-state index is 11.4. The van der Waals surface area contributed by atoms with Gasteiger partial charge in [0.25, 0.3) is 0 Å². The topological polar surface area (TPSA) is 70.6 Å². The number of carbonyl (C=O) groups is 1. The lowest BCUT2D eigenvalue weighted by atomic mass is 10.1. The van der Waals surface area contributed by atoms with Crippen LogP contribution in [0.15, 0.2) is 18.2 Å². The van der Waals surface area contributed by atoms with Gasteiger partial charge in [-0.3, -0.25) is 0 Å². The number of benzene rings is 1. The average molecular weight is 266 g/mol. The van der Waals surface area contributed by atoms with E-state index in [1.54, 1.807) is 14.0 Å². The lowest BCUT2D eigenvalue weighted by Gasteiger charge is -2.12. The molecule has 0 heterocycles. The summed E-state index contributed by atoms with van der Waals surface area (Å²) in [5.74, 6) is 0.857. The van der Waals surface area contributed by atoms with Crippen LogP contribution < -0.4 is 15.4 Å². The van der Waals surface area contributed by atoms with Crippen molar-refractivity contribution < 1.29 is 14.6 Å². The van der Waals surface area contributed by atoms with Gasteiger partial charge in [0, 0.05) is 6.54 Å². The molecule has 1 unspecified atom stereocenters. The van der Waals surface area contributed by atoms with Gasteiger partial charge in [-0.25, -0.2) is 4.79 Å². The molecule has 0 aromatic heterocycles. The maximum absolute atomic E-state index is 11.4. The van der Waals surface area contributed by atoms with Gasteiger partial charge in [-0.1, -0.05) is 12.1 Å². The normalized spacial score (nSPS) is 11.8. The number of aryl methyl sites for hydroxylation is 1. The Bertz CT molecular complexity index is 421. The fourth-order valence-corrected chi connectivity index (χ4v) is 1.66. The number of rotatable bonds is 6. The molecule has 0 radical (unpaired) electrons. The quantitative estimate of drug-likeness (QED) is 0.725. The first-order valence-electron chi connectivity index (χ1n) is 6.35. The number of hydrogen-bond acceptors (Lipinski definition) is 3. The monoisotopic (exact) mass is 266 g/mol. The van der Waals surface area contributed by atoms with Crippen molar-refractivity contribution in [2.45, 2.75) is 26.3 Å². The summed E-state index contributed by atoms with van der Waals surface area (Å²) in [6, 6.07) is 5.50. The van der Waals surface area contributed by atoms with Crippen LogP contribution in [0.25, 0.3) is 0 Å². The Morgan fingerprint density at radius 2 is 2.21 bits per heavy atom. The molecule has 1 aromatic rings. The van der Waals surface area contributed by atoms with Gasteiger partial charge in [-0.05, 0) is 37.5 Å². The van der Waals surface area contributed by atoms with Gasteiger partial charge in [0.15, 0.2) is 0 Å². The number of urea groups is 1. The number of nitrogens with one attached hydrogen (secondary N) is 2. The molecule has 0 saturated carbocycles. The Kier molecular flexibility index (Phi) is 6.15. The van der Waals surface area contributed by atoms with E-state index in [0.717, 1.165) is 23.3 Å². The highest BCUT2D eigenvalue weighted by atomic mass is 16.5. The Morgan fingerprint density at radius 3 is 2.84 bits per heavy atom. The van der Waals surface area contributed by atoms with Crippen LogP contribution >= 0.6 is 0 Å². The minimum atomic E-state index is -0.263. The Morgan fingerprint density at radius 1 is 1.47 bits per heavy atom. The standard InChI is InChI=1S/C14H22N2O3/c1-10-4-5-12(8-13(10)19-3)6-7-15-14(18)16-11(2)9-17/h4-5,8,11,17H,6-7,9H2,1-3H3,(H2,15,16,18). The summed E-state index contributed by atoms with van der Waals surface area (Å²) in [6.45, 7) is 4.20. The third kappa shape index (κ3) is 5.18. The molecule has 2 amide bonds. The molecule has 5 nitrogen and oxygen atoms in total. The molecule has 19 heavy (non-hydrogen) atoms. The van der Waals surface area contributed by atoms with E-state index in [9.17, 15) is 4.79 Å². The fraction of sp³-hybridized carbons (Fsp3) is 0.500. The number of carbonyl (C=O) groups excluding carboxylic acids is 1. The summed E-state index contributed by atoms with van der Waals surface area (Å²) in [7, 11) is 1.65. The molecule has 106 valence electrons. The van der Waals surface area contributed by atoms with Gasteiger partial charge in [0.2, 0.25) is 0 Å². The lowest BCUT2D eigenvalue weighted by molar-refractivity contribution is 0.220. The van der Waals surface area contributed by atoms with Gasteiger partial charge in [-0.2, -0.15) is 0 Å². The lowest BCUT2D eigenvalue weighted by Crippen LogP contribution is -2.42. The number of aliphatic hydroxyl groups is 1. The van der Waals surface area contributed by atoms with Crippen molar-refractivity contribution >= 4 is 6.03 Å². The first-order chi connectivity index (χ1) is 9.06. The van der Waals surface area contributed by atoms with E-state index < -0.39 is 0 Å². The molecule has 1 atom stereocenters. The van der Waals surface area contributed by atoms with Gasteiger partial charge in [0.05, 0.1) is 19.8 Å². The highest BCUT2D eigenvalue weighted by molar-refractivity contribution is 5.74. The second kappa shape index (κ2) is 7.63. The number of ether oxygens (including phenoxy) is 1. The minimum absolute atomic E-state index is 0.0669. The van der Waals surface area contributed by atoms with Crippen LogP contribution in [0.3, 0.4) is 0 Å². The van der Waals surface area contributed by atoms with Gasteiger partial charge < -0.3 is 20.5 Å². The predicted octanol–water partition coefficient (Wildman–Crippen LogP) is 1.23. The highest BCUT2D eigenvalue weighted by Gasteiger charge is 2.05. The SMILES string of the molecule is COc1cc(CCNC(=O)NC(C)CO)ccc1C. The van der Waals surface area contributed by atoms with E-state index in [2.05, 4.69) is 10.6 Å². The zero-order chi connectivity index (χ0) is 14.3. The van der Waals surface area contributed by atoms with E-state index in [4.69, 9.17) is 9.84 Å². The van der Waals surface area contributed by atoms with Crippen molar-refractivity contribution in [2.24, 2.45) is 0 Å². The van der Waals surface area contributed by atoms with Gasteiger partial charge in [0.1, 0.15) is 5.75 Å². The van der Waals surface area contributed by atoms with E-state index in [1.165, 1.54) is 0 Å². The summed E-state index contributed by atoms with van der Waals surface area (Å²) >= 11 is 0. The third-order valence-electron chi connectivity index (χ3n) is 2.82. The Labute approximate surface area is 114 Å². The summed E-state index contributed by atoms with van der Waals surface area (Å²) in [5, 5.41) is 14.2. The molecule has 1 rings (SSSR count). The first kappa shape index (κ1) is 15.3. The molecular formula is C14H22N2O3. The summed E-state index contributed by atoms with van der Waals surface area (Å²) in [5.41, 5.74) is 2.20. The molecule has 1 aromatic carbocycles. The number of hydrogen-bond donors (Lipinski definition) is 3. The smallest absolute Gasteiger partial charge is 0.315 e. The van der Waals surface area contributed by atoms with E-state index >= 15 is 0 Å². The second-order valence-corrected chi connectivity index (χ2v) is 4.54. The van der Waals surface area contributed by atoms with Crippen molar-refractivity contribution in [3.8, 4) is 5.75 Å². The Hall–Kier alpha value is -1.75. The van der Waals surface area contributed by atoms with Crippen molar-refractivity contribution in [3.05, 3.63) is 29.3 Å². The number of aliphatic hydroxyl groups excluding tert-OH is 1. The molecule has 5 heteroatoms. The van der Waals surface area contributed by atoms with Crippen molar-refractivity contribution in [2.75, 3.05) is 20.3 Å². The third-order valence-corrected chi connectivity index (χ3v) is 2.82. The van der Waals surface area contributed by atoms with Crippen molar-refractivity contribution in [1.29, 1.82) is 0 Å². The summed E-state index contributed by atoms with van der Waals surface area (Å²) < 4.78 is 5.25. The minimum Gasteiger partial charge on any atom is -0.496 e. The molecule has 0 bridgehead atoms. The predicted molar refractivity (Wildman–Crippen MR) is 74.5 cm³/mol. The van der Waals surface area contributed by atoms with Crippen LogP contribution in [0.2, 0.25) is 0 Å². The highest BCUT2D eigenvalue weighted by Crippen LogP contribution is 2.18. The fourth-order valence-electron chi connectivity index (χ4n) is 1.66. The van der Waals surface area contributed by atoms with Crippen molar-refractivity contribution in [3.63, 3.8) is 0 Å². The Balaban J connectivity index is 2.39. The van der Waals surface area contributed by atoms with E-state index in [0.29, 0.717) is 6.54 Å². The van der Waals surface area contributed by atoms with Gasteiger partial charge >= 0.3 is 6.03 Å². The van der Waals surface area contributed by atoms with Crippen LogP contribution in [0.4, 0.5) is 4.79 Å². The maximum Gasteiger partial charge on any atom is 0.315 e. The zero-order valence-electron chi connectivity index (χ0n) is 11.7. The molecule has 0 spiro atoms. The second-order valence-electron chi connectivity index (χ2n) is 4.54. The van der Waals surface area contributed by atoms with Crippen LogP contribution in [-0.2, 0) is 6.42 Å². The van der Waals surface area contributed by atoms with Gasteiger partial charge in [-0.15, -0.1) is 0 Å². The number of amides is 2. The molecule has 0 fully saturated rings. The van der Waals surface area contributed by atoms with Crippen LogP contribution in [0, 0.1) is 6.92 Å². The van der Waals surface area contributed by atoms with Crippen molar-refractivity contribution in [1.82, 2.24) is 10.6 Å². The molecule has 0 aliphatic rings. The largest absolute Gasteiger partial charge is 0.496 e. The van der Waals surface area contributed by atoms with Crippen LogP contribution in [0.1, 0.15) is 18.1 Å². The summed E-state index contributed by atoms with van der Waals surface area (Å²) in [4.78, 5) is 11.4. The van der Waals surface area contributed by atoms with E-state index in [1.807, 2.05) is 25.1 Å². The summed E-state index contributed by atoms with van der Waals surface area (Å²) in [6.07, 6.45) is 0.734. The zero-order valence-corrected chi connectivity index (χ0v) is 11.7. The molecule has 3 N–H and O–H groups in total. The van der Waals surface area contributed by atoms with E-state index in [-0.39, 0.29) is 18.7 Å². The van der Waals surface area contributed by atoms with Crippen LogP contribution in [-0.4, -0.2) is 37.4 Å². The molecule has 0 aliphatic heterocycles. The van der Waals surface area contributed by atoms with Crippen LogP contribution in [0.5, 0.6) is 5.75 Å². The molecular weight excluding hydrogens is 244 g/mol. The first-order valence-corrected chi connectivity index (χ1v) is 6.35. The average Bonchev–Trinajstić information content (AvgIpc) is 2.40. The molecule has 0 aliphatic carbocycles. The molecule has 0 saturated heterocycles. The number of methoxy groups -OCH3 is 1.